The summed E-state index contributed by atoms with van der Waals surface area (Å²) in [5.74, 6) is 0. The Morgan fingerprint density at radius 1 is 0.489 bits per heavy atom. The number of benzene rings is 5. The van der Waals surface area contributed by atoms with Crippen molar-refractivity contribution >= 4 is 63.0 Å². The summed E-state index contributed by atoms with van der Waals surface area (Å²) in [7, 11) is 0. The van der Waals surface area contributed by atoms with Crippen LogP contribution in [0.1, 0.15) is 0 Å². The fourth-order valence-electron chi connectivity index (χ4n) is 5.69. The van der Waals surface area contributed by atoms with Gasteiger partial charge in [-0.05, 0) is 52.8 Å². The minimum absolute atomic E-state index is 0. The van der Waals surface area contributed by atoms with Crippen LogP contribution in [0.2, 0.25) is 0 Å². The zero-order valence-corrected chi connectivity index (χ0v) is 27.9. The molecule has 0 bridgehead atoms. The molecule has 45 heavy (non-hydrogen) atoms. The van der Waals surface area contributed by atoms with E-state index in [0.29, 0.717) is 0 Å². The third kappa shape index (κ3) is 5.61. The number of hydrogen-bond donors (Lipinski definition) is 0. The van der Waals surface area contributed by atoms with E-state index in [0.717, 1.165) is 22.5 Å². The molecule has 4 aromatic heterocycles. The molecule has 1 radical (unpaired) electrons. The number of thiophene rings is 2. The van der Waals surface area contributed by atoms with E-state index in [1.807, 2.05) is 89.5 Å². The molecule has 2 nitrogen and oxygen atoms in total. The third-order valence-corrected chi connectivity index (χ3v) is 10.0. The van der Waals surface area contributed by atoms with Crippen LogP contribution in [-0.4, -0.2) is 9.97 Å². The Hall–Kier alpha value is -4.51. The third-order valence-electron chi connectivity index (χ3n) is 7.70. The molecule has 0 atom stereocenters. The Morgan fingerprint density at radius 3 is 1.80 bits per heavy atom. The fraction of sp³-hybridized carbons (Fsp3) is 0. The van der Waals surface area contributed by atoms with Crippen LogP contribution in [0.3, 0.4) is 0 Å². The quantitative estimate of drug-likeness (QED) is 0.167. The van der Waals surface area contributed by atoms with Gasteiger partial charge in [0.25, 0.3) is 0 Å². The zero-order chi connectivity index (χ0) is 29.3. The van der Waals surface area contributed by atoms with Crippen molar-refractivity contribution in [1.82, 2.24) is 9.97 Å². The minimum Gasteiger partial charge on any atom is -0.305 e. The van der Waals surface area contributed by atoms with Crippen LogP contribution >= 0.6 is 22.7 Å². The summed E-state index contributed by atoms with van der Waals surface area (Å²) < 4.78 is 5.38. The van der Waals surface area contributed by atoms with Crippen molar-refractivity contribution in [3.05, 3.63) is 158 Å². The molecule has 0 fully saturated rings. The molecule has 217 valence electrons. The Kier molecular flexibility index (Phi) is 8.34. The van der Waals surface area contributed by atoms with Crippen LogP contribution in [0.25, 0.3) is 74.0 Å². The normalized spacial score (nSPS) is 10.9. The predicted molar refractivity (Wildman–Crippen MR) is 188 cm³/mol. The molecule has 0 aliphatic heterocycles. The van der Waals surface area contributed by atoms with Gasteiger partial charge in [-0.1, -0.05) is 54.6 Å². The van der Waals surface area contributed by atoms with Gasteiger partial charge in [0.05, 0.1) is 0 Å². The molecule has 0 unspecified atom stereocenters. The first-order chi connectivity index (χ1) is 21.8. The number of pyridine rings is 2. The number of hydrogen-bond acceptors (Lipinski definition) is 4. The second-order valence-corrected chi connectivity index (χ2v) is 12.5. The number of rotatable bonds is 3. The molecule has 0 saturated carbocycles. The van der Waals surface area contributed by atoms with Gasteiger partial charge in [-0.3, -0.25) is 0 Å². The number of nitrogens with zero attached hydrogens (tertiary/aromatic N) is 2. The maximum Gasteiger partial charge on any atom is 0.0454 e. The molecular weight excluding hydrogens is 765 g/mol. The fourth-order valence-corrected chi connectivity index (χ4v) is 8.20. The summed E-state index contributed by atoms with van der Waals surface area (Å²) in [4.78, 5) is 8.85. The van der Waals surface area contributed by atoms with Crippen LogP contribution in [0.4, 0.5) is 0 Å². The molecule has 4 heterocycles. The van der Waals surface area contributed by atoms with Gasteiger partial charge in [-0.2, -0.15) is 0 Å². The largest absolute Gasteiger partial charge is 0.305 e. The van der Waals surface area contributed by atoms with Crippen LogP contribution in [0, 0.1) is 12.1 Å². The molecule has 0 aliphatic carbocycles. The average molecular weight is 789 g/mol. The van der Waals surface area contributed by atoms with Crippen LogP contribution < -0.4 is 0 Å². The van der Waals surface area contributed by atoms with Crippen molar-refractivity contribution in [3.8, 4) is 33.6 Å². The van der Waals surface area contributed by atoms with E-state index in [4.69, 9.17) is 0 Å². The second kappa shape index (κ2) is 12.8. The van der Waals surface area contributed by atoms with Gasteiger partial charge in [0.15, 0.2) is 0 Å². The SMILES string of the molecule is [Ir].[c-]1ccccc1-c1cc(-c2cc3sc4ccccc4c3c3sc4ccccc4c23)ccn1.[c-]1ccccc1-c1ccccn1. The minimum atomic E-state index is 0. The molecule has 0 saturated heterocycles. The zero-order valence-electron chi connectivity index (χ0n) is 23.9. The molecule has 0 amide bonds. The van der Waals surface area contributed by atoms with Crippen molar-refractivity contribution in [2.75, 3.05) is 0 Å². The smallest absolute Gasteiger partial charge is 0.0454 e. The van der Waals surface area contributed by atoms with Gasteiger partial charge in [-0.15, -0.1) is 94.5 Å². The number of aromatic nitrogens is 2. The molecule has 5 aromatic carbocycles. The molecule has 9 aromatic rings. The molecule has 0 spiro atoms. The molecule has 0 N–H and O–H groups in total. The Bertz CT molecular complexity index is 2340. The van der Waals surface area contributed by atoms with E-state index >= 15 is 0 Å². The van der Waals surface area contributed by atoms with Crippen molar-refractivity contribution in [3.63, 3.8) is 0 Å². The van der Waals surface area contributed by atoms with E-state index in [9.17, 15) is 0 Å². The van der Waals surface area contributed by atoms with Crippen LogP contribution in [0.5, 0.6) is 0 Å². The first kappa shape index (κ1) is 29.2. The van der Waals surface area contributed by atoms with Gasteiger partial charge in [0.1, 0.15) is 0 Å². The second-order valence-electron chi connectivity index (χ2n) is 10.4. The monoisotopic (exact) mass is 789 g/mol. The summed E-state index contributed by atoms with van der Waals surface area (Å²) in [5, 5.41) is 5.40. The maximum atomic E-state index is 4.64. The van der Waals surface area contributed by atoms with Gasteiger partial charge < -0.3 is 9.97 Å². The maximum absolute atomic E-state index is 4.64. The summed E-state index contributed by atoms with van der Waals surface area (Å²) >= 11 is 3.79. The van der Waals surface area contributed by atoms with Crippen LogP contribution in [0.15, 0.2) is 146 Å². The van der Waals surface area contributed by atoms with Gasteiger partial charge in [-0.25, -0.2) is 0 Å². The van der Waals surface area contributed by atoms with E-state index in [1.165, 1.54) is 51.5 Å². The van der Waals surface area contributed by atoms with Crippen molar-refractivity contribution in [2.24, 2.45) is 0 Å². The standard InChI is InChI=1S/C29H16NS2.C11H8N.Ir/c1-2-8-18(9-3-1)23-16-19(14-15-30-23)22-17-26-28(21-11-5-6-12-24(21)31-26)29-27(22)20-10-4-7-13-25(20)32-29;1-2-6-10(7-3-1)11-8-4-5-9-12-11;/h1-8,10-17H;1-6,8-9H;/q2*-1;. The van der Waals surface area contributed by atoms with Crippen molar-refractivity contribution < 1.29 is 20.1 Å². The van der Waals surface area contributed by atoms with E-state index in [2.05, 4.69) is 94.9 Å². The van der Waals surface area contributed by atoms with E-state index < -0.39 is 0 Å². The molecule has 0 aliphatic rings. The van der Waals surface area contributed by atoms with Gasteiger partial charge in [0.2, 0.25) is 0 Å². The number of fused-ring (bicyclic) bond motifs is 7. The Balaban J connectivity index is 0.000000211. The van der Waals surface area contributed by atoms with Crippen molar-refractivity contribution in [1.29, 1.82) is 0 Å². The first-order valence-electron chi connectivity index (χ1n) is 14.4. The summed E-state index contributed by atoms with van der Waals surface area (Å²) in [6.07, 6.45) is 3.71. The molecular formula is C40H24IrN2S2-2. The van der Waals surface area contributed by atoms with E-state index in [-0.39, 0.29) is 20.1 Å². The van der Waals surface area contributed by atoms with E-state index in [1.54, 1.807) is 6.20 Å². The molecule has 9 rings (SSSR count). The topological polar surface area (TPSA) is 25.8 Å². The molecule has 5 heteroatoms. The van der Waals surface area contributed by atoms with Gasteiger partial charge >= 0.3 is 0 Å². The Labute approximate surface area is 283 Å². The average Bonchev–Trinajstić information content (AvgIpc) is 3.68. The van der Waals surface area contributed by atoms with Gasteiger partial charge in [0, 0.05) is 72.8 Å². The Morgan fingerprint density at radius 2 is 1.11 bits per heavy atom. The predicted octanol–water partition coefficient (Wildman–Crippen LogP) is 11.5. The summed E-state index contributed by atoms with van der Waals surface area (Å²) in [6, 6.07) is 52.4. The summed E-state index contributed by atoms with van der Waals surface area (Å²) in [6.45, 7) is 0. The summed E-state index contributed by atoms with van der Waals surface area (Å²) in [5.41, 5.74) is 6.45. The first-order valence-corrected chi connectivity index (χ1v) is 16.0. The van der Waals surface area contributed by atoms with Crippen LogP contribution in [-0.2, 0) is 20.1 Å². The van der Waals surface area contributed by atoms with Crippen molar-refractivity contribution in [2.45, 2.75) is 0 Å².